The number of nitrogens with one attached hydrogen (secondary N) is 1. The highest BCUT2D eigenvalue weighted by molar-refractivity contribution is 7.98. The number of rotatable bonds is 6. The van der Waals surface area contributed by atoms with Crippen LogP contribution in [0.15, 0.2) is 24.3 Å². The second kappa shape index (κ2) is 5.77. The SMILES string of the molecule is Cc1ccccc1CSCC(C)(C#N)NC1CC1. The molecule has 2 nitrogen and oxygen atoms in total. The molecule has 1 N–H and O–H groups in total. The molecular formula is C15H20N2S. The van der Waals surface area contributed by atoms with Crippen LogP contribution in [-0.4, -0.2) is 17.3 Å². The summed E-state index contributed by atoms with van der Waals surface area (Å²) < 4.78 is 0. The van der Waals surface area contributed by atoms with E-state index in [2.05, 4.69) is 42.6 Å². The molecule has 1 fully saturated rings. The summed E-state index contributed by atoms with van der Waals surface area (Å²) in [6.45, 7) is 4.15. The van der Waals surface area contributed by atoms with Gasteiger partial charge in [-0.1, -0.05) is 24.3 Å². The lowest BCUT2D eigenvalue weighted by atomic mass is 10.1. The Morgan fingerprint density at radius 2 is 2.17 bits per heavy atom. The minimum atomic E-state index is -0.380. The molecule has 2 rings (SSSR count). The number of nitrogens with zero attached hydrogens (tertiary/aromatic N) is 1. The van der Waals surface area contributed by atoms with Crippen LogP contribution in [0.5, 0.6) is 0 Å². The van der Waals surface area contributed by atoms with Gasteiger partial charge in [0.15, 0.2) is 0 Å². The lowest BCUT2D eigenvalue weighted by molar-refractivity contribution is 0.490. The van der Waals surface area contributed by atoms with E-state index in [9.17, 15) is 5.26 Å². The molecule has 1 atom stereocenters. The van der Waals surface area contributed by atoms with Crippen LogP contribution in [-0.2, 0) is 5.75 Å². The number of thioether (sulfide) groups is 1. The van der Waals surface area contributed by atoms with Crippen molar-refractivity contribution >= 4 is 11.8 Å². The molecule has 0 saturated heterocycles. The maximum atomic E-state index is 9.29. The fourth-order valence-corrected chi connectivity index (χ4v) is 3.12. The normalized spacial score (nSPS) is 18.1. The van der Waals surface area contributed by atoms with Crippen LogP contribution < -0.4 is 5.32 Å². The molecule has 3 heteroatoms. The quantitative estimate of drug-likeness (QED) is 0.852. The first-order valence-corrected chi connectivity index (χ1v) is 7.60. The number of nitriles is 1. The molecule has 18 heavy (non-hydrogen) atoms. The van der Waals surface area contributed by atoms with E-state index in [-0.39, 0.29) is 5.54 Å². The van der Waals surface area contributed by atoms with E-state index in [1.165, 1.54) is 24.0 Å². The van der Waals surface area contributed by atoms with Crippen molar-refractivity contribution in [2.24, 2.45) is 0 Å². The zero-order valence-electron chi connectivity index (χ0n) is 11.1. The molecular weight excluding hydrogens is 240 g/mol. The summed E-state index contributed by atoms with van der Waals surface area (Å²) in [4.78, 5) is 0. The molecule has 1 aliphatic carbocycles. The molecule has 0 heterocycles. The minimum Gasteiger partial charge on any atom is -0.296 e. The fraction of sp³-hybridized carbons (Fsp3) is 0.533. The van der Waals surface area contributed by atoms with Gasteiger partial charge in [-0.3, -0.25) is 5.32 Å². The van der Waals surface area contributed by atoms with Crippen molar-refractivity contribution in [3.8, 4) is 6.07 Å². The molecule has 1 aromatic carbocycles. The summed E-state index contributed by atoms with van der Waals surface area (Å²) in [7, 11) is 0. The van der Waals surface area contributed by atoms with Crippen LogP contribution in [0.3, 0.4) is 0 Å². The number of aryl methyl sites for hydroxylation is 1. The van der Waals surface area contributed by atoms with Crippen molar-refractivity contribution in [3.05, 3.63) is 35.4 Å². The summed E-state index contributed by atoms with van der Waals surface area (Å²) in [6, 6.07) is 11.4. The van der Waals surface area contributed by atoms with E-state index in [4.69, 9.17) is 0 Å². The van der Waals surface area contributed by atoms with Gasteiger partial charge in [0.2, 0.25) is 0 Å². The van der Waals surface area contributed by atoms with Gasteiger partial charge in [-0.15, -0.1) is 0 Å². The average molecular weight is 260 g/mol. The smallest absolute Gasteiger partial charge is 0.113 e. The number of hydrogen-bond donors (Lipinski definition) is 1. The first-order chi connectivity index (χ1) is 8.63. The summed E-state index contributed by atoms with van der Waals surface area (Å²) in [5, 5.41) is 12.7. The van der Waals surface area contributed by atoms with Crippen LogP contribution in [0.2, 0.25) is 0 Å². The third-order valence-electron chi connectivity index (χ3n) is 3.26. The molecule has 1 aromatic rings. The van der Waals surface area contributed by atoms with Gasteiger partial charge >= 0.3 is 0 Å². The average Bonchev–Trinajstić information content (AvgIpc) is 3.15. The summed E-state index contributed by atoms with van der Waals surface area (Å²) in [6.07, 6.45) is 2.44. The lowest BCUT2D eigenvalue weighted by Crippen LogP contribution is -2.44. The molecule has 0 amide bonds. The van der Waals surface area contributed by atoms with Gasteiger partial charge in [0.1, 0.15) is 5.54 Å². The molecule has 0 aliphatic heterocycles. The monoisotopic (exact) mass is 260 g/mol. The maximum absolute atomic E-state index is 9.29. The van der Waals surface area contributed by atoms with E-state index in [1.807, 2.05) is 18.7 Å². The van der Waals surface area contributed by atoms with E-state index >= 15 is 0 Å². The van der Waals surface area contributed by atoms with E-state index in [0.717, 1.165) is 11.5 Å². The number of hydrogen-bond acceptors (Lipinski definition) is 3. The second-order valence-corrected chi connectivity index (χ2v) is 6.27. The van der Waals surface area contributed by atoms with Crippen LogP contribution in [0.4, 0.5) is 0 Å². The molecule has 0 spiro atoms. The van der Waals surface area contributed by atoms with Crippen LogP contribution >= 0.6 is 11.8 Å². The van der Waals surface area contributed by atoms with E-state index in [1.54, 1.807) is 0 Å². The molecule has 0 bridgehead atoms. The predicted molar refractivity (Wildman–Crippen MR) is 77.5 cm³/mol. The van der Waals surface area contributed by atoms with Gasteiger partial charge in [0.25, 0.3) is 0 Å². The molecule has 1 aliphatic rings. The Morgan fingerprint density at radius 3 is 2.78 bits per heavy atom. The highest BCUT2D eigenvalue weighted by Gasteiger charge is 2.32. The van der Waals surface area contributed by atoms with Gasteiger partial charge in [-0.05, 0) is 37.8 Å². The van der Waals surface area contributed by atoms with Gasteiger partial charge < -0.3 is 0 Å². The molecule has 0 aromatic heterocycles. The first kappa shape index (κ1) is 13.5. The highest BCUT2D eigenvalue weighted by atomic mass is 32.2. The third-order valence-corrected chi connectivity index (χ3v) is 4.55. The Bertz CT molecular complexity index is 448. The fourth-order valence-electron chi connectivity index (χ4n) is 1.92. The predicted octanol–water partition coefficient (Wildman–Crippen LogP) is 3.26. The Morgan fingerprint density at radius 1 is 1.44 bits per heavy atom. The highest BCUT2D eigenvalue weighted by Crippen LogP contribution is 2.25. The Hall–Kier alpha value is -0.980. The Kier molecular flexibility index (Phi) is 4.31. The van der Waals surface area contributed by atoms with Crippen molar-refractivity contribution in [1.82, 2.24) is 5.32 Å². The molecule has 96 valence electrons. The van der Waals surface area contributed by atoms with Crippen molar-refractivity contribution in [2.45, 2.75) is 44.0 Å². The standard InChI is InChI=1S/C15H20N2S/c1-12-5-3-4-6-13(12)9-18-11-15(2,10-16)17-14-7-8-14/h3-6,14,17H,7-9,11H2,1-2H3. The zero-order valence-corrected chi connectivity index (χ0v) is 11.9. The maximum Gasteiger partial charge on any atom is 0.113 e. The van der Waals surface area contributed by atoms with Crippen molar-refractivity contribution in [1.29, 1.82) is 5.26 Å². The first-order valence-electron chi connectivity index (χ1n) is 6.44. The molecule has 1 saturated carbocycles. The summed E-state index contributed by atoms with van der Waals surface area (Å²) in [5.41, 5.74) is 2.32. The Balaban J connectivity index is 1.83. The van der Waals surface area contributed by atoms with Crippen molar-refractivity contribution < 1.29 is 0 Å². The van der Waals surface area contributed by atoms with E-state index < -0.39 is 0 Å². The largest absolute Gasteiger partial charge is 0.296 e. The molecule has 1 unspecified atom stereocenters. The van der Waals surface area contributed by atoms with Crippen molar-refractivity contribution in [3.63, 3.8) is 0 Å². The van der Waals surface area contributed by atoms with Gasteiger partial charge in [-0.2, -0.15) is 17.0 Å². The van der Waals surface area contributed by atoms with Crippen LogP contribution in [0.1, 0.15) is 30.9 Å². The van der Waals surface area contributed by atoms with Crippen LogP contribution in [0, 0.1) is 18.3 Å². The van der Waals surface area contributed by atoms with Crippen LogP contribution in [0.25, 0.3) is 0 Å². The second-order valence-electron chi connectivity index (χ2n) is 5.28. The minimum absolute atomic E-state index is 0.380. The molecule has 0 radical (unpaired) electrons. The topological polar surface area (TPSA) is 35.8 Å². The van der Waals surface area contributed by atoms with Gasteiger partial charge in [0, 0.05) is 17.5 Å². The lowest BCUT2D eigenvalue weighted by Gasteiger charge is -2.22. The Labute approximate surface area is 114 Å². The summed E-state index contributed by atoms with van der Waals surface area (Å²) >= 11 is 1.84. The van der Waals surface area contributed by atoms with Gasteiger partial charge in [0.05, 0.1) is 6.07 Å². The van der Waals surface area contributed by atoms with Gasteiger partial charge in [-0.25, -0.2) is 0 Å². The number of benzene rings is 1. The van der Waals surface area contributed by atoms with Crippen molar-refractivity contribution in [2.75, 3.05) is 5.75 Å². The zero-order chi connectivity index (χ0) is 13.0. The third kappa shape index (κ3) is 3.76. The van der Waals surface area contributed by atoms with E-state index in [0.29, 0.717) is 6.04 Å². The summed E-state index contributed by atoms with van der Waals surface area (Å²) in [5.74, 6) is 1.82.